The summed E-state index contributed by atoms with van der Waals surface area (Å²) in [5.41, 5.74) is 0. The average molecular weight is 177 g/mol. The predicted octanol–water partition coefficient (Wildman–Crippen LogP) is -3.23. The summed E-state index contributed by atoms with van der Waals surface area (Å²) in [6.07, 6.45) is 0. The fourth-order valence-corrected chi connectivity index (χ4v) is 0. The van der Waals surface area contributed by atoms with E-state index in [0.717, 1.165) is 5.33 Å². The van der Waals surface area contributed by atoms with Crippen LogP contribution in [0.4, 0.5) is 0 Å². The van der Waals surface area contributed by atoms with Crippen LogP contribution in [0.1, 0.15) is 6.92 Å². The Hall–Kier alpha value is 0.950. The Bertz CT molecular complexity index is 26.9. The van der Waals surface area contributed by atoms with Gasteiger partial charge in [-0.15, -0.1) is 0 Å². The van der Waals surface area contributed by atoms with Crippen molar-refractivity contribution < 1.29 is 39.5 Å². The van der Waals surface area contributed by atoms with E-state index in [4.69, 9.17) is 9.90 Å². The molecule has 0 bridgehead atoms. The fourth-order valence-electron chi connectivity index (χ4n) is 0. The zero-order valence-electron chi connectivity index (χ0n) is 4.48. The van der Waals surface area contributed by atoms with Crippen molar-refractivity contribution >= 4 is 22.4 Å². The summed E-state index contributed by atoms with van der Waals surface area (Å²) < 4.78 is 0. The van der Waals surface area contributed by atoms with E-state index in [-0.39, 0.29) is 29.6 Å². The van der Waals surface area contributed by atoms with Crippen LogP contribution in [0, 0.1) is 0 Å². The van der Waals surface area contributed by atoms with Crippen LogP contribution in [0.5, 0.6) is 0 Å². The van der Waals surface area contributed by atoms with Gasteiger partial charge in [0.15, 0.2) is 0 Å². The van der Waals surface area contributed by atoms with Crippen LogP contribution in [-0.4, -0.2) is 11.8 Å². The van der Waals surface area contributed by atoms with E-state index in [1.165, 1.54) is 0 Å². The first-order chi connectivity index (χ1) is 2.83. The van der Waals surface area contributed by atoms with E-state index in [1.54, 1.807) is 0 Å². The maximum atomic E-state index is 8.25. The number of hydrogen-bond donors (Lipinski definition) is 0. The van der Waals surface area contributed by atoms with Crippen molar-refractivity contribution in [1.82, 2.24) is 0 Å². The number of carbonyl (C=O) groups is 1. The predicted molar refractivity (Wildman–Crippen MR) is 25.5 cm³/mol. The summed E-state index contributed by atoms with van der Waals surface area (Å²) in [4.78, 5) is 8.25. The van der Waals surface area contributed by atoms with Crippen molar-refractivity contribution in [3.05, 3.63) is 0 Å². The molecule has 0 aliphatic heterocycles. The molecule has 2 nitrogen and oxygen atoms in total. The van der Waals surface area contributed by atoms with E-state index in [9.17, 15) is 0 Å². The summed E-state index contributed by atoms with van der Waals surface area (Å²) in [7, 11) is 0. The van der Waals surface area contributed by atoms with Crippen molar-refractivity contribution in [2.75, 3.05) is 5.33 Å². The van der Waals surface area contributed by atoms with E-state index in [0.29, 0.717) is 0 Å². The molecular weight excluding hydrogens is 171 g/mol. The molecular formula is C3H6BrNaO2. The SMILES string of the molecule is CCBr.O=C[O-].[Na+]. The molecule has 0 aromatic heterocycles. The molecule has 7 heavy (non-hydrogen) atoms. The Morgan fingerprint density at radius 3 is 1.86 bits per heavy atom. The largest absolute Gasteiger partial charge is 1.00 e. The third kappa shape index (κ3) is 189. The maximum Gasteiger partial charge on any atom is 1.00 e. The van der Waals surface area contributed by atoms with Gasteiger partial charge in [0.1, 0.15) is 0 Å². The minimum Gasteiger partial charge on any atom is -0.554 e. The van der Waals surface area contributed by atoms with Crippen LogP contribution in [0.15, 0.2) is 0 Å². The van der Waals surface area contributed by atoms with Gasteiger partial charge in [0.2, 0.25) is 0 Å². The third-order valence-corrected chi connectivity index (χ3v) is 0. The number of carbonyl (C=O) groups excluding carboxylic acids is 1. The zero-order chi connectivity index (χ0) is 5.41. The normalized spacial score (nSPS) is 4.29. The second kappa shape index (κ2) is 28.3. The van der Waals surface area contributed by atoms with Crippen molar-refractivity contribution in [2.24, 2.45) is 0 Å². The van der Waals surface area contributed by atoms with E-state index < -0.39 is 6.47 Å². The molecule has 0 aromatic carbocycles. The summed E-state index contributed by atoms with van der Waals surface area (Å²) in [6, 6.07) is 0. The van der Waals surface area contributed by atoms with Gasteiger partial charge in [0.25, 0.3) is 0 Å². The molecule has 0 saturated heterocycles. The Morgan fingerprint density at radius 1 is 1.86 bits per heavy atom. The number of alkyl halides is 1. The third-order valence-electron chi connectivity index (χ3n) is 0. The first kappa shape index (κ1) is 15.7. The molecule has 0 heterocycles. The molecule has 0 aliphatic rings. The van der Waals surface area contributed by atoms with Gasteiger partial charge in [-0.2, -0.15) is 0 Å². The monoisotopic (exact) mass is 176 g/mol. The number of rotatable bonds is 0. The van der Waals surface area contributed by atoms with Gasteiger partial charge in [-0.25, -0.2) is 0 Å². The van der Waals surface area contributed by atoms with Gasteiger partial charge in [0.05, 0.1) is 0 Å². The fraction of sp³-hybridized carbons (Fsp3) is 0.667. The second-order valence-corrected chi connectivity index (χ2v) is 1.48. The molecule has 0 radical (unpaired) electrons. The Kier molecular flexibility index (Phi) is 63.3. The summed E-state index contributed by atoms with van der Waals surface area (Å²) >= 11 is 3.15. The van der Waals surface area contributed by atoms with Gasteiger partial charge < -0.3 is 9.90 Å². The number of carboxylic acid groups (broad SMARTS) is 1. The van der Waals surface area contributed by atoms with Crippen molar-refractivity contribution in [1.29, 1.82) is 0 Å². The molecule has 0 aliphatic carbocycles. The number of hydrogen-bond acceptors (Lipinski definition) is 2. The molecule has 0 saturated carbocycles. The first-order valence-electron chi connectivity index (χ1n) is 1.45. The zero-order valence-corrected chi connectivity index (χ0v) is 8.06. The summed E-state index contributed by atoms with van der Waals surface area (Å²) in [6.45, 7) is 1.54. The van der Waals surface area contributed by atoms with Crippen LogP contribution < -0.4 is 34.7 Å². The van der Waals surface area contributed by atoms with Crippen molar-refractivity contribution in [3.8, 4) is 0 Å². The molecule has 0 spiro atoms. The Balaban J connectivity index is -0.0000000400. The van der Waals surface area contributed by atoms with Gasteiger partial charge in [0, 0.05) is 11.8 Å². The average Bonchev–Trinajstić information content (AvgIpc) is 1.39. The summed E-state index contributed by atoms with van der Waals surface area (Å²) in [5.74, 6) is 0. The molecule has 0 amide bonds. The minimum absolute atomic E-state index is 0. The standard InChI is InChI=1S/C2H5Br.CH2O2.Na/c1-2-3;2-1-3;/h2H2,1H3;1H,(H,2,3);/q;;+1/p-1. The molecule has 0 atom stereocenters. The van der Waals surface area contributed by atoms with Gasteiger partial charge >= 0.3 is 29.6 Å². The minimum atomic E-state index is -0.500. The molecule has 38 valence electrons. The van der Waals surface area contributed by atoms with Crippen LogP contribution in [-0.2, 0) is 4.79 Å². The number of halogens is 1. The maximum absolute atomic E-state index is 8.25. The van der Waals surface area contributed by atoms with Crippen molar-refractivity contribution in [3.63, 3.8) is 0 Å². The Labute approximate surface area is 73.7 Å². The molecule has 4 heteroatoms. The molecule has 0 unspecified atom stereocenters. The van der Waals surface area contributed by atoms with Gasteiger partial charge in [-0.1, -0.05) is 22.9 Å². The van der Waals surface area contributed by atoms with Gasteiger partial charge in [-0.3, -0.25) is 0 Å². The van der Waals surface area contributed by atoms with Crippen LogP contribution in [0.25, 0.3) is 0 Å². The van der Waals surface area contributed by atoms with Crippen LogP contribution in [0.3, 0.4) is 0 Å². The van der Waals surface area contributed by atoms with Gasteiger partial charge in [-0.05, 0) is 0 Å². The topological polar surface area (TPSA) is 40.1 Å². The molecule has 0 aromatic rings. The van der Waals surface area contributed by atoms with E-state index in [2.05, 4.69) is 15.9 Å². The molecule has 0 N–H and O–H groups in total. The van der Waals surface area contributed by atoms with Crippen molar-refractivity contribution in [2.45, 2.75) is 6.92 Å². The molecule has 0 fully saturated rings. The quantitative estimate of drug-likeness (QED) is 0.222. The van der Waals surface area contributed by atoms with E-state index >= 15 is 0 Å². The first-order valence-corrected chi connectivity index (χ1v) is 2.57. The van der Waals surface area contributed by atoms with Crippen LogP contribution >= 0.6 is 15.9 Å². The van der Waals surface area contributed by atoms with Crippen LogP contribution in [0.2, 0.25) is 0 Å². The molecule has 0 rings (SSSR count). The van der Waals surface area contributed by atoms with E-state index in [1.807, 2.05) is 6.92 Å². The Morgan fingerprint density at radius 2 is 1.86 bits per heavy atom. The summed E-state index contributed by atoms with van der Waals surface area (Å²) in [5, 5.41) is 9.31. The second-order valence-electron chi connectivity index (χ2n) is 0.363. The smallest absolute Gasteiger partial charge is 0.554 e.